The average molecular weight is 524 g/mol. The lowest BCUT2D eigenvalue weighted by molar-refractivity contribution is -0.121. The number of hydrogen-bond acceptors (Lipinski definition) is 5. The molecular formula is C23H24Cl2FN5O2S. The second-order valence-electron chi connectivity index (χ2n) is 8.21. The number of thiophene rings is 1. The Morgan fingerprint density at radius 2 is 2.09 bits per heavy atom. The van der Waals surface area contributed by atoms with Crippen LogP contribution in [0.15, 0.2) is 36.5 Å². The highest BCUT2D eigenvalue weighted by atomic mass is 35.5. The summed E-state index contributed by atoms with van der Waals surface area (Å²) in [4.78, 5) is 26.2. The van der Waals surface area contributed by atoms with Crippen LogP contribution in [-0.2, 0) is 11.8 Å². The molecule has 0 aliphatic carbocycles. The highest BCUT2D eigenvalue weighted by Crippen LogP contribution is 2.39. The van der Waals surface area contributed by atoms with Crippen molar-refractivity contribution in [2.45, 2.75) is 30.8 Å². The maximum absolute atomic E-state index is 14.0. The van der Waals surface area contributed by atoms with Crippen molar-refractivity contribution in [1.82, 2.24) is 25.7 Å². The van der Waals surface area contributed by atoms with E-state index in [4.69, 9.17) is 23.2 Å². The Hall–Kier alpha value is -2.46. The smallest absolute Gasteiger partial charge is 0.261 e. The molecule has 3 atom stereocenters. The van der Waals surface area contributed by atoms with E-state index in [2.05, 4.69) is 21.0 Å². The first-order chi connectivity index (χ1) is 16.3. The van der Waals surface area contributed by atoms with Crippen molar-refractivity contribution >= 4 is 46.4 Å². The van der Waals surface area contributed by atoms with Crippen LogP contribution >= 0.6 is 34.5 Å². The summed E-state index contributed by atoms with van der Waals surface area (Å²) in [7, 11) is 3.35. The van der Waals surface area contributed by atoms with Gasteiger partial charge in [0.25, 0.3) is 5.91 Å². The van der Waals surface area contributed by atoms with Gasteiger partial charge in [-0.1, -0.05) is 35.3 Å². The van der Waals surface area contributed by atoms with Crippen LogP contribution in [0.1, 0.15) is 34.0 Å². The van der Waals surface area contributed by atoms with E-state index in [1.165, 1.54) is 29.7 Å². The van der Waals surface area contributed by atoms with E-state index in [1.807, 2.05) is 6.07 Å². The number of carbonyl (C=O) groups is 2. The van der Waals surface area contributed by atoms with Gasteiger partial charge in [0.05, 0.1) is 31.7 Å². The van der Waals surface area contributed by atoms with E-state index in [1.54, 1.807) is 30.9 Å². The fraction of sp³-hybridized carbons (Fsp3) is 0.348. The number of benzene rings is 1. The molecule has 3 heterocycles. The fourth-order valence-corrected chi connectivity index (χ4v) is 6.02. The van der Waals surface area contributed by atoms with Gasteiger partial charge in [-0.25, -0.2) is 4.39 Å². The van der Waals surface area contributed by atoms with Gasteiger partial charge in [-0.05, 0) is 30.2 Å². The quantitative estimate of drug-likeness (QED) is 0.456. The van der Waals surface area contributed by atoms with Crippen molar-refractivity contribution in [1.29, 1.82) is 0 Å². The molecule has 4 rings (SSSR count). The van der Waals surface area contributed by atoms with Crippen LogP contribution in [0, 0.1) is 5.82 Å². The molecule has 11 heteroatoms. The summed E-state index contributed by atoms with van der Waals surface area (Å²) >= 11 is 13.9. The molecule has 0 radical (unpaired) electrons. The van der Waals surface area contributed by atoms with Gasteiger partial charge in [-0.2, -0.15) is 5.10 Å². The van der Waals surface area contributed by atoms with Crippen molar-refractivity contribution in [2.24, 2.45) is 7.05 Å². The molecule has 0 saturated carbocycles. The number of nitrogens with zero attached hydrogens (tertiary/aromatic N) is 2. The molecule has 0 bridgehead atoms. The molecule has 3 aromatic rings. The van der Waals surface area contributed by atoms with Crippen LogP contribution in [0.25, 0.3) is 10.6 Å². The third kappa shape index (κ3) is 5.27. The third-order valence-corrected chi connectivity index (χ3v) is 7.80. The van der Waals surface area contributed by atoms with E-state index < -0.39 is 0 Å². The summed E-state index contributed by atoms with van der Waals surface area (Å²) in [6.07, 6.45) is 2.40. The van der Waals surface area contributed by atoms with Gasteiger partial charge in [0.1, 0.15) is 5.82 Å². The maximum atomic E-state index is 14.0. The molecule has 180 valence electrons. The standard InChI is InChI=1S/C23H24Cl2FN5O2S/c1-27-20(32)8-14-7-15(12-4-3-5-13(26)6-12)18(11-28-14)30-23(33)19-9-16(24)22(34-19)21-17(25)10-29-31(21)2/h3-6,9-10,14-15,18,28H,7-8,11H2,1-2H3,(H,27,32)(H,30,33)/t14?,15-,18+/m0/s1. The summed E-state index contributed by atoms with van der Waals surface area (Å²) in [6.45, 7) is 0.439. The second-order valence-corrected chi connectivity index (χ2v) is 10.1. The largest absolute Gasteiger partial charge is 0.359 e. The molecule has 1 aromatic carbocycles. The summed E-state index contributed by atoms with van der Waals surface area (Å²) in [5.41, 5.74) is 1.42. The Bertz CT molecular complexity index is 1190. The van der Waals surface area contributed by atoms with Crippen LogP contribution in [0.3, 0.4) is 0 Å². The minimum atomic E-state index is -0.341. The lowest BCUT2D eigenvalue weighted by atomic mass is 9.81. The molecule has 1 aliphatic rings. The lowest BCUT2D eigenvalue weighted by Crippen LogP contribution is -2.54. The fourth-order valence-electron chi connectivity index (χ4n) is 4.28. The van der Waals surface area contributed by atoms with E-state index in [0.717, 1.165) is 5.56 Å². The van der Waals surface area contributed by atoms with Crippen molar-refractivity contribution in [2.75, 3.05) is 13.6 Å². The maximum Gasteiger partial charge on any atom is 0.261 e. The second kappa shape index (κ2) is 10.4. The first-order valence-corrected chi connectivity index (χ1v) is 12.3. The Balaban J connectivity index is 1.56. The van der Waals surface area contributed by atoms with Crippen LogP contribution < -0.4 is 16.0 Å². The first-order valence-electron chi connectivity index (χ1n) is 10.7. The molecular weight excluding hydrogens is 500 g/mol. The number of halogens is 3. The van der Waals surface area contributed by atoms with E-state index >= 15 is 0 Å². The van der Waals surface area contributed by atoms with Crippen molar-refractivity contribution in [3.05, 3.63) is 62.8 Å². The van der Waals surface area contributed by atoms with Crippen LogP contribution in [0.2, 0.25) is 10.0 Å². The molecule has 2 aromatic heterocycles. The number of piperidine rings is 1. The zero-order chi connectivity index (χ0) is 24.4. The summed E-state index contributed by atoms with van der Waals surface area (Å²) in [5.74, 6) is -0.870. The Kier molecular flexibility index (Phi) is 7.57. The molecule has 1 aliphatic heterocycles. The molecule has 0 spiro atoms. The number of rotatable bonds is 6. The molecule has 1 saturated heterocycles. The zero-order valence-electron chi connectivity index (χ0n) is 18.6. The van der Waals surface area contributed by atoms with Crippen LogP contribution in [0.5, 0.6) is 0 Å². The van der Waals surface area contributed by atoms with Gasteiger partial charge < -0.3 is 16.0 Å². The molecule has 2 amide bonds. The Morgan fingerprint density at radius 3 is 2.76 bits per heavy atom. The zero-order valence-corrected chi connectivity index (χ0v) is 20.9. The molecule has 3 N–H and O–H groups in total. The summed E-state index contributed by atoms with van der Waals surface area (Å²) in [6, 6.07) is 7.59. The first kappa shape index (κ1) is 24.7. The van der Waals surface area contributed by atoms with E-state index in [-0.39, 0.29) is 35.6 Å². The average Bonchev–Trinajstić information content (AvgIpc) is 3.35. The van der Waals surface area contributed by atoms with Crippen molar-refractivity contribution in [3.63, 3.8) is 0 Å². The number of aryl methyl sites for hydroxylation is 1. The Labute approximate surface area is 210 Å². The predicted octanol–water partition coefficient (Wildman–Crippen LogP) is 3.97. The minimum absolute atomic E-state index is 0.0763. The summed E-state index contributed by atoms with van der Waals surface area (Å²) in [5, 5.41) is 14.0. The third-order valence-electron chi connectivity index (χ3n) is 5.97. The monoisotopic (exact) mass is 523 g/mol. The molecule has 7 nitrogen and oxygen atoms in total. The highest BCUT2D eigenvalue weighted by Gasteiger charge is 2.34. The lowest BCUT2D eigenvalue weighted by Gasteiger charge is -2.37. The molecule has 1 unspecified atom stereocenters. The van der Waals surface area contributed by atoms with Crippen LogP contribution in [0.4, 0.5) is 4.39 Å². The van der Waals surface area contributed by atoms with Gasteiger partial charge in [0.15, 0.2) is 0 Å². The summed E-state index contributed by atoms with van der Waals surface area (Å²) < 4.78 is 15.6. The number of nitrogens with one attached hydrogen (secondary N) is 3. The minimum Gasteiger partial charge on any atom is -0.359 e. The van der Waals surface area contributed by atoms with Crippen molar-refractivity contribution in [3.8, 4) is 10.6 Å². The molecule has 1 fully saturated rings. The topological polar surface area (TPSA) is 88.1 Å². The SMILES string of the molecule is CNC(=O)CC1C[C@@H](c2cccc(F)c2)[C@H](NC(=O)c2cc(Cl)c(-c3c(Cl)cnn3C)s2)CN1. The predicted molar refractivity (Wildman–Crippen MR) is 132 cm³/mol. The molecule has 34 heavy (non-hydrogen) atoms. The van der Waals surface area contributed by atoms with E-state index in [0.29, 0.717) is 44.9 Å². The number of hydrogen-bond donors (Lipinski definition) is 3. The number of amides is 2. The number of carbonyl (C=O) groups excluding carboxylic acids is 2. The van der Waals surface area contributed by atoms with Gasteiger partial charge >= 0.3 is 0 Å². The van der Waals surface area contributed by atoms with Crippen LogP contribution in [-0.4, -0.2) is 47.3 Å². The highest BCUT2D eigenvalue weighted by molar-refractivity contribution is 7.18. The van der Waals surface area contributed by atoms with Gasteiger partial charge in [-0.15, -0.1) is 11.3 Å². The van der Waals surface area contributed by atoms with Gasteiger partial charge in [-0.3, -0.25) is 14.3 Å². The number of aromatic nitrogens is 2. The van der Waals surface area contributed by atoms with Gasteiger partial charge in [0, 0.05) is 45.1 Å². The van der Waals surface area contributed by atoms with E-state index in [9.17, 15) is 14.0 Å². The van der Waals surface area contributed by atoms with Gasteiger partial charge in [0.2, 0.25) is 5.91 Å². The normalized spacial score (nSPS) is 20.2. The Morgan fingerprint density at radius 1 is 1.29 bits per heavy atom. The van der Waals surface area contributed by atoms with Crippen molar-refractivity contribution < 1.29 is 14.0 Å².